The van der Waals surface area contributed by atoms with Crippen LogP contribution in [0.3, 0.4) is 0 Å². The molecule has 0 amide bonds. The average Bonchev–Trinajstić information content (AvgIpc) is 2.98. The molecular weight excluding hydrogens is 246 g/mol. The molecule has 0 spiro atoms. The van der Waals surface area contributed by atoms with Crippen LogP contribution < -0.4 is 14.8 Å². The summed E-state index contributed by atoms with van der Waals surface area (Å²) >= 11 is 0. The molecule has 0 aromatic carbocycles. The molecule has 0 aliphatic rings. The molecule has 2 aromatic rings. The Kier molecular flexibility index (Phi) is 4.30. The maximum Gasteiger partial charge on any atom is 0.224 e. The van der Waals surface area contributed by atoms with Crippen LogP contribution in [0.1, 0.15) is 24.4 Å². The van der Waals surface area contributed by atoms with Crippen LogP contribution in [0.25, 0.3) is 0 Å². The van der Waals surface area contributed by atoms with Crippen molar-refractivity contribution in [2.24, 2.45) is 0 Å². The second kappa shape index (κ2) is 6.14. The smallest absolute Gasteiger partial charge is 0.224 e. The van der Waals surface area contributed by atoms with E-state index < -0.39 is 0 Å². The van der Waals surface area contributed by atoms with E-state index in [1.165, 1.54) is 6.33 Å². The first-order chi connectivity index (χ1) is 9.26. The number of H-pyrrole nitrogens is 1. The molecule has 0 saturated carbocycles. The molecule has 19 heavy (non-hydrogen) atoms. The van der Waals surface area contributed by atoms with Crippen LogP contribution in [0.5, 0.6) is 11.8 Å². The summed E-state index contributed by atoms with van der Waals surface area (Å²) in [6.07, 6.45) is 4.93. The molecule has 1 unspecified atom stereocenters. The molecule has 7 heteroatoms. The minimum absolute atomic E-state index is 0.0737. The van der Waals surface area contributed by atoms with Gasteiger partial charge in [-0.3, -0.25) is 0 Å². The van der Waals surface area contributed by atoms with Crippen LogP contribution >= 0.6 is 0 Å². The molecule has 2 aromatic heterocycles. The second-order valence-corrected chi connectivity index (χ2v) is 3.95. The van der Waals surface area contributed by atoms with Gasteiger partial charge in [0.15, 0.2) is 0 Å². The molecule has 7 nitrogen and oxygen atoms in total. The van der Waals surface area contributed by atoms with Crippen molar-refractivity contribution >= 4 is 0 Å². The number of imidazole rings is 1. The lowest BCUT2D eigenvalue weighted by Gasteiger charge is -2.14. The number of hydrogen-bond donors (Lipinski definition) is 2. The van der Waals surface area contributed by atoms with E-state index in [0.717, 1.165) is 11.4 Å². The number of hydrogen-bond acceptors (Lipinski definition) is 6. The Morgan fingerprint density at radius 2 is 1.89 bits per heavy atom. The minimum atomic E-state index is 0.0737. The van der Waals surface area contributed by atoms with Crippen molar-refractivity contribution in [1.29, 1.82) is 0 Å². The zero-order valence-corrected chi connectivity index (χ0v) is 11.2. The first-order valence-corrected chi connectivity index (χ1v) is 5.90. The zero-order chi connectivity index (χ0) is 13.7. The normalized spacial score (nSPS) is 12.2. The van der Waals surface area contributed by atoms with E-state index in [9.17, 15) is 0 Å². The number of nitrogens with one attached hydrogen (secondary N) is 2. The lowest BCUT2D eigenvalue weighted by Crippen LogP contribution is -2.20. The van der Waals surface area contributed by atoms with Crippen molar-refractivity contribution in [3.63, 3.8) is 0 Å². The minimum Gasteiger partial charge on any atom is -0.481 e. The standard InChI is InChI=1S/C12H17N5O2/c1-8(10-13-4-5-14-10)15-6-9-11(18-2)16-7-17-12(9)19-3/h4-5,7-8,15H,6H2,1-3H3,(H,13,14). The number of nitrogens with zero attached hydrogens (tertiary/aromatic N) is 3. The average molecular weight is 263 g/mol. The number of aromatic amines is 1. The van der Waals surface area contributed by atoms with Crippen LogP contribution in [0.4, 0.5) is 0 Å². The van der Waals surface area contributed by atoms with E-state index >= 15 is 0 Å². The number of aromatic nitrogens is 4. The highest BCUT2D eigenvalue weighted by atomic mass is 16.5. The highest BCUT2D eigenvalue weighted by Crippen LogP contribution is 2.23. The van der Waals surface area contributed by atoms with Gasteiger partial charge in [0.2, 0.25) is 11.8 Å². The van der Waals surface area contributed by atoms with Gasteiger partial charge in [-0.05, 0) is 6.92 Å². The number of methoxy groups -OCH3 is 2. The van der Waals surface area contributed by atoms with Gasteiger partial charge in [0, 0.05) is 18.9 Å². The van der Waals surface area contributed by atoms with E-state index in [2.05, 4.69) is 25.3 Å². The molecule has 0 aliphatic heterocycles. The van der Waals surface area contributed by atoms with Crippen LogP contribution in [-0.4, -0.2) is 34.2 Å². The molecule has 0 fully saturated rings. The molecular formula is C12H17N5O2. The molecule has 2 heterocycles. The number of rotatable bonds is 6. The highest BCUT2D eigenvalue weighted by molar-refractivity contribution is 5.34. The van der Waals surface area contributed by atoms with Crippen LogP contribution in [-0.2, 0) is 6.54 Å². The largest absolute Gasteiger partial charge is 0.481 e. The Bertz CT molecular complexity index is 493. The van der Waals surface area contributed by atoms with Crippen molar-refractivity contribution < 1.29 is 9.47 Å². The quantitative estimate of drug-likeness (QED) is 0.811. The van der Waals surface area contributed by atoms with E-state index in [4.69, 9.17) is 9.47 Å². The first-order valence-electron chi connectivity index (χ1n) is 5.90. The van der Waals surface area contributed by atoms with Gasteiger partial charge in [0.1, 0.15) is 12.2 Å². The molecule has 1 atom stereocenters. The fourth-order valence-electron chi connectivity index (χ4n) is 1.75. The molecule has 0 bridgehead atoms. The highest BCUT2D eigenvalue weighted by Gasteiger charge is 2.15. The van der Waals surface area contributed by atoms with Gasteiger partial charge >= 0.3 is 0 Å². The summed E-state index contributed by atoms with van der Waals surface area (Å²) in [6.45, 7) is 2.54. The van der Waals surface area contributed by atoms with Gasteiger partial charge in [-0.15, -0.1) is 0 Å². The fourth-order valence-corrected chi connectivity index (χ4v) is 1.75. The summed E-state index contributed by atoms with van der Waals surface area (Å²) < 4.78 is 10.4. The Morgan fingerprint density at radius 3 is 2.42 bits per heavy atom. The molecule has 102 valence electrons. The summed E-state index contributed by atoms with van der Waals surface area (Å²) in [5.41, 5.74) is 0.783. The van der Waals surface area contributed by atoms with Gasteiger partial charge in [-0.1, -0.05) is 0 Å². The molecule has 0 saturated heterocycles. The molecule has 2 rings (SSSR count). The predicted octanol–water partition coefficient (Wildman–Crippen LogP) is 1.07. The van der Waals surface area contributed by atoms with Gasteiger partial charge in [-0.25, -0.2) is 15.0 Å². The Hall–Kier alpha value is -2.15. The van der Waals surface area contributed by atoms with Crippen molar-refractivity contribution in [1.82, 2.24) is 25.3 Å². The van der Waals surface area contributed by atoms with Crippen LogP contribution in [0.15, 0.2) is 18.7 Å². The zero-order valence-electron chi connectivity index (χ0n) is 11.2. The Morgan fingerprint density at radius 1 is 1.21 bits per heavy atom. The molecule has 2 N–H and O–H groups in total. The lowest BCUT2D eigenvalue weighted by molar-refractivity contribution is 0.357. The van der Waals surface area contributed by atoms with E-state index in [1.54, 1.807) is 26.6 Å². The van der Waals surface area contributed by atoms with Crippen molar-refractivity contribution in [3.05, 3.63) is 30.1 Å². The van der Waals surface area contributed by atoms with E-state index in [-0.39, 0.29) is 6.04 Å². The van der Waals surface area contributed by atoms with Crippen molar-refractivity contribution in [2.45, 2.75) is 19.5 Å². The second-order valence-electron chi connectivity index (χ2n) is 3.95. The van der Waals surface area contributed by atoms with Gasteiger partial charge in [0.05, 0.1) is 25.8 Å². The summed E-state index contributed by atoms with van der Waals surface area (Å²) in [4.78, 5) is 15.4. The maximum absolute atomic E-state index is 5.22. The predicted molar refractivity (Wildman–Crippen MR) is 69.0 cm³/mol. The van der Waals surface area contributed by atoms with Crippen LogP contribution in [0.2, 0.25) is 0 Å². The number of ether oxygens (including phenoxy) is 2. The van der Waals surface area contributed by atoms with Crippen LogP contribution in [0, 0.1) is 0 Å². The summed E-state index contributed by atoms with van der Waals surface area (Å²) in [5.74, 6) is 1.88. The topological polar surface area (TPSA) is 85.0 Å². The van der Waals surface area contributed by atoms with Crippen molar-refractivity contribution in [2.75, 3.05) is 14.2 Å². The monoisotopic (exact) mass is 263 g/mol. The molecule has 0 radical (unpaired) electrons. The third-order valence-electron chi connectivity index (χ3n) is 2.77. The SMILES string of the molecule is COc1ncnc(OC)c1CNC(C)c1ncc[nH]1. The van der Waals surface area contributed by atoms with E-state index in [0.29, 0.717) is 18.3 Å². The summed E-state index contributed by atoms with van der Waals surface area (Å²) in [7, 11) is 3.14. The third-order valence-corrected chi connectivity index (χ3v) is 2.77. The van der Waals surface area contributed by atoms with Gasteiger partial charge in [0.25, 0.3) is 0 Å². The fraction of sp³-hybridized carbons (Fsp3) is 0.417. The Balaban J connectivity index is 2.10. The van der Waals surface area contributed by atoms with E-state index in [1.807, 2.05) is 6.92 Å². The third kappa shape index (κ3) is 3.00. The maximum atomic E-state index is 5.22. The Labute approximate surface area is 111 Å². The van der Waals surface area contributed by atoms with Crippen molar-refractivity contribution in [3.8, 4) is 11.8 Å². The lowest BCUT2D eigenvalue weighted by atomic mass is 10.2. The first kappa shape index (κ1) is 13.3. The molecule has 0 aliphatic carbocycles. The summed E-state index contributed by atoms with van der Waals surface area (Å²) in [6, 6.07) is 0.0737. The van der Waals surface area contributed by atoms with Gasteiger partial charge in [-0.2, -0.15) is 0 Å². The summed E-state index contributed by atoms with van der Waals surface area (Å²) in [5, 5.41) is 3.32. The van der Waals surface area contributed by atoms with Gasteiger partial charge < -0.3 is 19.8 Å².